The molecule has 112 valence electrons. The van der Waals surface area contributed by atoms with Crippen molar-refractivity contribution in [3.63, 3.8) is 0 Å². The van der Waals surface area contributed by atoms with Crippen molar-refractivity contribution in [2.24, 2.45) is 11.7 Å². The van der Waals surface area contributed by atoms with Crippen molar-refractivity contribution in [1.29, 1.82) is 0 Å². The highest BCUT2D eigenvalue weighted by Crippen LogP contribution is 2.38. The second kappa shape index (κ2) is 5.75. The lowest BCUT2D eigenvalue weighted by Crippen LogP contribution is -2.49. The number of thiophene rings is 1. The normalized spacial score (nSPS) is 28.2. The van der Waals surface area contributed by atoms with Crippen LogP contribution in [0.3, 0.4) is 0 Å². The van der Waals surface area contributed by atoms with Crippen LogP contribution in [0.5, 0.6) is 0 Å². The average Bonchev–Trinajstić information content (AvgIpc) is 2.96. The Bertz CT molecular complexity index is 565. The Labute approximate surface area is 125 Å². The van der Waals surface area contributed by atoms with Crippen LogP contribution in [0, 0.1) is 5.92 Å². The zero-order valence-electron chi connectivity index (χ0n) is 11.6. The molecule has 1 saturated carbocycles. The summed E-state index contributed by atoms with van der Waals surface area (Å²) in [7, 11) is -3.33. The Hall–Kier alpha value is -0.430. The molecule has 2 fully saturated rings. The maximum absolute atomic E-state index is 12.9. The summed E-state index contributed by atoms with van der Waals surface area (Å²) in [5.41, 5.74) is 5.59. The van der Waals surface area contributed by atoms with Gasteiger partial charge in [0, 0.05) is 24.0 Å². The van der Waals surface area contributed by atoms with Gasteiger partial charge < -0.3 is 5.73 Å². The van der Waals surface area contributed by atoms with E-state index < -0.39 is 10.0 Å². The first-order valence-corrected chi connectivity index (χ1v) is 9.69. The lowest BCUT2D eigenvalue weighted by atomic mass is 9.79. The number of hydrogen-bond acceptors (Lipinski definition) is 4. The molecule has 2 atom stereocenters. The van der Waals surface area contributed by atoms with Gasteiger partial charge in [-0.15, -0.1) is 11.3 Å². The molecule has 1 aromatic rings. The van der Waals surface area contributed by atoms with Crippen molar-refractivity contribution in [1.82, 2.24) is 4.31 Å². The molecule has 3 rings (SSSR count). The van der Waals surface area contributed by atoms with Gasteiger partial charge in [-0.05, 0) is 43.7 Å². The van der Waals surface area contributed by atoms with Crippen molar-refractivity contribution in [2.45, 2.75) is 55.3 Å². The molecule has 2 aliphatic rings. The molecule has 0 spiro atoms. The Morgan fingerprint density at radius 1 is 1.20 bits per heavy atom. The van der Waals surface area contributed by atoms with E-state index in [-0.39, 0.29) is 6.04 Å². The highest BCUT2D eigenvalue weighted by atomic mass is 32.2. The number of sulfonamides is 1. The molecule has 1 saturated heterocycles. The number of fused-ring (bicyclic) bond motifs is 1. The van der Waals surface area contributed by atoms with E-state index >= 15 is 0 Å². The minimum Gasteiger partial charge on any atom is -0.326 e. The molecule has 0 amide bonds. The van der Waals surface area contributed by atoms with Crippen molar-refractivity contribution in [3.05, 3.63) is 17.0 Å². The molecular weight excluding hydrogens is 292 g/mol. The van der Waals surface area contributed by atoms with Crippen LogP contribution in [-0.2, 0) is 16.6 Å². The first kappa shape index (κ1) is 14.5. The summed E-state index contributed by atoms with van der Waals surface area (Å²) in [5.74, 6) is 0.571. The van der Waals surface area contributed by atoms with Crippen LogP contribution in [0.2, 0.25) is 0 Å². The van der Waals surface area contributed by atoms with E-state index in [9.17, 15) is 8.42 Å². The molecule has 6 heteroatoms. The SMILES string of the molecule is NCc1ccc(S(=O)(=O)N2CCCC3CCCCC32)s1. The summed E-state index contributed by atoms with van der Waals surface area (Å²) >= 11 is 1.32. The Balaban J connectivity index is 1.89. The minimum atomic E-state index is -3.33. The van der Waals surface area contributed by atoms with Gasteiger partial charge in [0.2, 0.25) is 0 Å². The van der Waals surface area contributed by atoms with Crippen LogP contribution in [0.4, 0.5) is 0 Å². The number of rotatable bonds is 3. The molecular formula is C14H22N2O2S2. The lowest BCUT2D eigenvalue weighted by molar-refractivity contribution is 0.129. The first-order chi connectivity index (χ1) is 9.63. The molecule has 1 aliphatic carbocycles. The molecule has 2 heterocycles. The van der Waals surface area contributed by atoms with Crippen LogP contribution in [0.1, 0.15) is 43.4 Å². The average molecular weight is 314 g/mol. The molecule has 2 unspecified atom stereocenters. The van der Waals surface area contributed by atoms with Gasteiger partial charge in [-0.1, -0.05) is 12.8 Å². The van der Waals surface area contributed by atoms with E-state index in [4.69, 9.17) is 5.73 Å². The fraction of sp³-hybridized carbons (Fsp3) is 0.714. The summed E-state index contributed by atoms with van der Waals surface area (Å²) in [4.78, 5) is 0.931. The summed E-state index contributed by atoms with van der Waals surface area (Å²) < 4.78 is 28.0. The van der Waals surface area contributed by atoms with Gasteiger partial charge in [0.15, 0.2) is 0 Å². The van der Waals surface area contributed by atoms with Crippen LogP contribution in [0.25, 0.3) is 0 Å². The first-order valence-electron chi connectivity index (χ1n) is 7.43. The van der Waals surface area contributed by atoms with E-state index in [1.54, 1.807) is 10.4 Å². The second-order valence-electron chi connectivity index (χ2n) is 5.79. The van der Waals surface area contributed by atoms with E-state index in [1.165, 1.54) is 30.6 Å². The van der Waals surface area contributed by atoms with Gasteiger partial charge in [0.25, 0.3) is 10.0 Å². The Morgan fingerprint density at radius 3 is 2.70 bits per heavy atom. The zero-order valence-corrected chi connectivity index (χ0v) is 13.3. The van der Waals surface area contributed by atoms with E-state index in [0.29, 0.717) is 23.2 Å². The fourth-order valence-electron chi connectivity index (χ4n) is 3.60. The number of nitrogens with two attached hydrogens (primary N) is 1. The number of hydrogen-bond donors (Lipinski definition) is 1. The molecule has 4 nitrogen and oxygen atoms in total. The molecule has 0 aromatic carbocycles. The molecule has 2 N–H and O–H groups in total. The van der Waals surface area contributed by atoms with Gasteiger partial charge in [0.05, 0.1) is 0 Å². The minimum absolute atomic E-state index is 0.228. The number of piperidine rings is 1. The summed E-state index contributed by atoms with van der Waals surface area (Å²) in [5, 5.41) is 0. The van der Waals surface area contributed by atoms with Crippen molar-refractivity contribution >= 4 is 21.4 Å². The summed E-state index contributed by atoms with van der Waals surface area (Å²) in [6.45, 7) is 1.09. The van der Waals surface area contributed by atoms with Crippen molar-refractivity contribution in [2.75, 3.05) is 6.54 Å². The fourth-order valence-corrected chi connectivity index (χ4v) is 6.72. The van der Waals surface area contributed by atoms with Crippen LogP contribution in [0.15, 0.2) is 16.3 Å². The van der Waals surface area contributed by atoms with Crippen LogP contribution < -0.4 is 5.73 Å². The van der Waals surface area contributed by atoms with Crippen LogP contribution >= 0.6 is 11.3 Å². The maximum Gasteiger partial charge on any atom is 0.252 e. The zero-order chi connectivity index (χ0) is 14.2. The third-order valence-corrected chi connectivity index (χ3v) is 8.09. The van der Waals surface area contributed by atoms with Gasteiger partial charge in [-0.3, -0.25) is 0 Å². The second-order valence-corrected chi connectivity index (χ2v) is 9.08. The lowest BCUT2D eigenvalue weighted by Gasteiger charge is -2.42. The van der Waals surface area contributed by atoms with E-state index in [2.05, 4.69) is 0 Å². The van der Waals surface area contributed by atoms with E-state index in [1.807, 2.05) is 6.07 Å². The molecule has 0 bridgehead atoms. The third kappa shape index (κ3) is 2.54. The predicted molar refractivity (Wildman–Crippen MR) is 81.1 cm³/mol. The highest BCUT2D eigenvalue weighted by Gasteiger charge is 2.40. The Morgan fingerprint density at radius 2 is 1.95 bits per heavy atom. The van der Waals surface area contributed by atoms with Gasteiger partial charge in [-0.2, -0.15) is 4.31 Å². The van der Waals surface area contributed by atoms with Crippen LogP contribution in [-0.4, -0.2) is 25.3 Å². The quantitative estimate of drug-likeness (QED) is 0.932. The van der Waals surface area contributed by atoms with Gasteiger partial charge >= 0.3 is 0 Å². The summed E-state index contributed by atoms with van der Waals surface area (Å²) in [6, 6.07) is 3.78. The van der Waals surface area contributed by atoms with Crippen molar-refractivity contribution < 1.29 is 8.42 Å². The largest absolute Gasteiger partial charge is 0.326 e. The summed E-state index contributed by atoms with van der Waals surface area (Å²) in [6.07, 6.45) is 6.82. The topological polar surface area (TPSA) is 63.4 Å². The number of nitrogens with zero attached hydrogens (tertiary/aromatic N) is 1. The molecule has 20 heavy (non-hydrogen) atoms. The molecule has 1 aromatic heterocycles. The van der Waals surface area contributed by atoms with Crippen molar-refractivity contribution in [3.8, 4) is 0 Å². The van der Waals surface area contributed by atoms with Gasteiger partial charge in [0.1, 0.15) is 4.21 Å². The smallest absolute Gasteiger partial charge is 0.252 e. The molecule has 0 radical (unpaired) electrons. The molecule has 1 aliphatic heterocycles. The van der Waals surface area contributed by atoms with E-state index in [0.717, 1.165) is 24.1 Å². The monoisotopic (exact) mass is 314 g/mol. The highest BCUT2D eigenvalue weighted by molar-refractivity contribution is 7.91. The Kier molecular flexibility index (Phi) is 4.17. The maximum atomic E-state index is 12.9. The standard InChI is InChI=1S/C14H22N2O2S2/c15-10-12-7-8-14(19-12)20(17,18)16-9-3-5-11-4-1-2-6-13(11)16/h7-8,11,13H,1-6,9-10,15H2. The predicted octanol–water partition coefficient (Wildman–Crippen LogP) is 2.55. The van der Waals surface area contributed by atoms with Gasteiger partial charge in [-0.25, -0.2) is 8.42 Å². The third-order valence-electron chi connectivity index (χ3n) is 4.59.